The highest BCUT2D eigenvalue weighted by molar-refractivity contribution is 5.89. The van der Waals surface area contributed by atoms with Crippen molar-refractivity contribution in [1.29, 1.82) is 0 Å². The summed E-state index contributed by atoms with van der Waals surface area (Å²) in [6, 6.07) is 5.92. The van der Waals surface area contributed by atoms with Gasteiger partial charge in [0.1, 0.15) is 0 Å². The lowest BCUT2D eigenvalue weighted by atomic mass is 10.0. The van der Waals surface area contributed by atoms with E-state index in [-0.39, 0.29) is 6.03 Å². The predicted molar refractivity (Wildman–Crippen MR) is 132 cm³/mol. The van der Waals surface area contributed by atoms with Gasteiger partial charge in [0.05, 0.1) is 0 Å². The van der Waals surface area contributed by atoms with E-state index in [2.05, 4.69) is 31.4 Å². The zero-order valence-electron chi connectivity index (χ0n) is 20.2. The summed E-state index contributed by atoms with van der Waals surface area (Å²) in [4.78, 5) is 11.9. The highest BCUT2D eigenvalue weighted by Crippen LogP contribution is 2.15. The van der Waals surface area contributed by atoms with Gasteiger partial charge in [-0.3, -0.25) is 0 Å². The average molecular weight is 417 g/mol. The van der Waals surface area contributed by atoms with Crippen molar-refractivity contribution in [3.63, 3.8) is 0 Å². The lowest BCUT2D eigenvalue weighted by Crippen LogP contribution is -2.29. The molecule has 2 amide bonds. The fourth-order valence-electron chi connectivity index (χ4n) is 3.87. The van der Waals surface area contributed by atoms with E-state index in [9.17, 15) is 4.79 Å². The van der Waals surface area contributed by atoms with Gasteiger partial charge < -0.3 is 10.6 Å². The molecule has 0 aliphatic carbocycles. The molecule has 172 valence electrons. The highest BCUT2D eigenvalue weighted by atomic mass is 16.2. The van der Waals surface area contributed by atoms with Crippen LogP contribution in [0.5, 0.6) is 0 Å². The van der Waals surface area contributed by atoms with Crippen LogP contribution in [0.25, 0.3) is 0 Å². The van der Waals surface area contributed by atoms with Gasteiger partial charge >= 0.3 is 6.03 Å². The van der Waals surface area contributed by atoms with E-state index < -0.39 is 0 Å². The topological polar surface area (TPSA) is 41.1 Å². The Morgan fingerprint density at radius 1 is 0.667 bits per heavy atom. The number of anilines is 1. The summed E-state index contributed by atoms with van der Waals surface area (Å²) < 4.78 is 0. The number of amides is 2. The van der Waals surface area contributed by atoms with Gasteiger partial charge in [-0.15, -0.1) is 0 Å². The van der Waals surface area contributed by atoms with Crippen LogP contribution in [-0.2, 0) is 0 Å². The maximum Gasteiger partial charge on any atom is 0.319 e. The van der Waals surface area contributed by atoms with E-state index in [1.807, 2.05) is 18.2 Å². The summed E-state index contributed by atoms with van der Waals surface area (Å²) in [5, 5.41) is 5.88. The molecule has 1 rings (SSSR count). The molecule has 0 atom stereocenters. The van der Waals surface area contributed by atoms with Gasteiger partial charge in [0.2, 0.25) is 0 Å². The number of urea groups is 1. The average Bonchev–Trinajstić information content (AvgIpc) is 2.73. The first-order chi connectivity index (χ1) is 14.6. The van der Waals surface area contributed by atoms with E-state index in [0.717, 1.165) is 18.7 Å². The number of nitrogens with one attached hydrogen (secondary N) is 2. The molecule has 0 radical (unpaired) electrons. The Morgan fingerprint density at radius 3 is 1.60 bits per heavy atom. The SMILES string of the molecule is CCCCCCCCCCCCCCCCCCNC(=O)Nc1ccc(C)c(C)c1. The first-order valence-corrected chi connectivity index (χ1v) is 12.8. The second-order valence-electron chi connectivity index (χ2n) is 8.98. The minimum atomic E-state index is -0.0980. The molecule has 0 aromatic heterocycles. The predicted octanol–water partition coefficient (Wildman–Crippen LogP) is 8.69. The summed E-state index contributed by atoms with van der Waals surface area (Å²) in [6.07, 6.45) is 21.9. The molecule has 0 heterocycles. The van der Waals surface area contributed by atoms with Crippen molar-refractivity contribution >= 4 is 11.7 Å². The number of unbranched alkanes of at least 4 members (excludes halogenated alkanes) is 15. The molecule has 0 bridgehead atoms. The first-order valence-electron chi connectivity index (χ1n) is 12.8. The van der Waals surface area contributed by atoms with Crippen molar-refractivity contribution < 1.29 is 4.79 Å². The van der Waals surface area contributed by atoms with Crippen LogP contribution in [0.3, 0.4) is 0 Å². The Morgan fingerprint density at radius 2 is 1.13 bits per heavy atom. The lowest BCUT2D eigenvalue weighted by Gasteiger charge is -2.09. The largest absolute Gasteiger partial charge is 0.338 e. The normalized spacial score (nSPS) is 10.9. The number of hydrogen-bond donors (Lipinski definition) is 2. The number of carbonyl (C=O) groups is 1. The lowest BCUT2D eigenvalue weighted by molar-refractivity contribution is 0.252. The Balaban J connectivity index is 1.82. The van der Waals surface area contributed by atoms with Crippen molar-refractivity contribution in [2.45, 2.75) is 124 Å². The molecular formula is C27H48N2O. The minimum absolute atomic E-state index is 0.0980. The van der Waals surface area contributed by atoms with Gasteiger partial charge in [-0.25, -0.2) is 4.79 Å². The maximum atomic E-state index is 11.9. The fraction of sp³-hybridized carbons (Fsp3) is 0.741. The molecule has 2 N–H and O–H groups in total. The van der Waals surface area contributed by atoms with Crippen LogP contribution in [0, 0.1) is 13.8 Å². The van der Waals surface area contributed by atoms with Gasteiger partial charge in [-0.1, -0.05) is 109 Å². The molecule has 0 unspecified atom stereocenters. The van der Waals surface area contributed by atoms with Crippen molar-refractivity contribution in [2.75, 3.05) is 11.9 Å². The van der Waals surface area contributed by atoms with Crippen molar-refractivity contribution in [3.05, 3.63) is 29.3 Å². The molecule has 0 spiro atoms. The Kier molecular flexibility index (Phi) is 16.2. The Bertz CT molecular complexity index is 556. The molecule has 3 heteroatoms. The van der Waals surface area contributed by atoms with Gasteiger partial charge in [0.25, 0.3) is 0 Å². The van der Waals surface area contributed by atoms with Crippen LogP contribution in [0.15, 0.2) is 18.2 Å². The summed E-state index contributed by atoms with van der Waals surface area (Å²) in [5.74, 6) is 0. The number of carbonyl (C=O) groups excluding carboxylic acids is 1. The molecule has 0 aliphatic heterocycles. The number of rotatable bonds is 18. The third-order valence-corrected chi connectivity index (χ3v) is 6.08. The van der Waals surface area contributed by atoms with Crippen LogP contribution in [0.1, 0.15) is 121 Å². The summed E-state index contributed by atoms with van der Waals surface area (Å²) in [5.41, 5.74) is 3.31. The maximum absolute atomic E-state index is 11.9. The second-order valence-corrected chi connectivity index (χ2v) is 8.98. The van der Waals surface area contributed by atoms with Crippen molar-refractivity contribution in [2.24, 2.45) is 0 Å². The molecule has 0 saturated carbocycles. The van der Waals surface area contributed by atoms with Crippen LogP contribution in [0.4, 0.5) is 10.5 Å². The summed E-state index contributed by atoms with van der Waals surface area (Å²) >= 11 is 0. The Labute approximate surface area is 186 Å². The van der Waals surface area contributed by atoms with E-state index in [1.54, 1.807) is 0 Å². The number of hydrogen-bond acceptors (Lipinski definition) is 1. The molecule has 3 nitrogen and oxygen atoms in total. The zero-order valence-corrected chi connectivity index (χ0v) is 20.2. The molecule has 0 saturated heterocycles. The molecule has 30 heavy (non-hydrogen) atoms. The number of aryl methyl sites for hydroxylation is 2. The van der Waals surface area contributed by atoms with Crippen LogP contribution < -0.4 is 10.6 Å². The smallest absolute Gasteiger partial charge is 0.319 e. The van der Waals surface area contributed by atoms with Crippen LogP contribution >= 0.6 is 0 Å². The van der Waals surface area contributed by atoms with Crippen molar-refractivity contribution in [3.8, 4) is 0 Å². The van der Waals surface area contributed by atoms with E-state index in [4.69, 9.17) is 0 Å². The number of benzene rings is 1. The molecule has 1 aromatic carbocycles. The molecule has 0 fully saturated rings. The quantitative estimate of drug-likeness (QED) is 0.231. The summed E-state index contributed by atoms with van der Waals surface area (Å²) in [7, 11) is 0. The molecule has 1 aromatic rings. The van der Waals surface area contributed by atoms with E-state index >= 15 is 0 Å². The van der Waals surface area contributed by atoms with Crippen LogP contribution in [-0.4, -0.2) is 12.6 Å². The van der Waals surface area contributed by atoms with Gasteiger partial charge in [0.15, 0.2) is 0 Å². The Hall–Kier alpha value is -1.51. The third kappa shape index (κ3) is 14.5. The molecule has 0 aliphatic rings. The van der Waals surface area contributed by atoms with E-state index in [1.165, 1.54) is 107 Å². The zero-order chi connectivity index (χ0) is 21.9. The highest BCUT2D eigenvalue weighted by Gasteiger charge is 2.02. The van der Waals surface area contributed by atoms with Crippen LogP contribution in [0.2, 0.25) is 0 Å². The first kappa shape index (κ1) is 26.5. The van der Waals surface area contributed by atoms with Gasteiger partial charge in [-0.05, 0) is 43.5 Å². The fourth-order valence-corrected chi connectivity index (χ4v) is 3.87. The molecular weight excluding hydrogens is 368 g/mol. The minimum Gasteiger partial charge on any atom is -0.338 e. The second kappa shape index (κ2) is 18.3. The monoisotopic (exact) mass is 416 g/mol. The van der Waals surface area contributed by atoms with Gasteiger partial charge in [0, 0.05) is 12.2 Å². The van der Waals surface area contributed by atoms with Gasteiger partial charge in [-0.2, -0.15) is 0 Å². The standard InChI is InChI=1S/C27H48N2O/c1-4-5-6-7-8-9-10-11-12-13-14-15-16-17-18-19-22-28-27(30)29-26-21-20-24(2)25(3)23-26/h20-21,23H,4-19,22H2,1-3H3,(H2,28,29,30). The van der Waals surface area contributed by atoms with Crippen molar-refractivity contribution in [1.82, 2.24) is 5.32 Å². The third-order valence-electron chi connectivity index (χ3n) is 6.08. The van der Waals surface area contributed by atoms with E-state index in [0.29, 0.717) is 0 Å². The summed E-state index contributed by atoms with van der Waals surface area (Å²) in [6.45, 7) is 7.19.